The van der Waals surface area contributed by atoms with Gasteiger partial charge in [0.15, 0.2) is 0 Å². The van der Waals surface area contributed by atoms with E-state index in [0.29, 0.717) is 16.4 Å². The average Bonchev–Trinajstić information content (AvgIpc) is 2.95. The predicted molar refractivity (Wildman–Crippen MR) is 86.4 cm³/mol. The molecule has 0 saturated carbocycles. The molecule has 1 aromatic carbocycles. The molecular weight excluding hydrogens is 302 g/mol. The maximum atomic E-state index is 12.3. The Balaban J connectivity index is 2.17. The zero-order chi connectivity index (χ0) is 16.1. The normalized spacial score (nSPS) is 10.1. The summed E-state index contributed by atoms with van der Waals surface area (Å²) in [5.41, 5.74) is 0.810. The number of benzene rings is 1. The van der Waals surface area contributed by atoms with E-state index in [4.69, 9.17) is 0 Å². The lowest BCUT2D eigenvalue weighted by molar-refractivity contribution is 0.102. The summed E-state index contributed by atoms with van der Waals surface area (Å²) in [6, 6.07) is 6.50. The first-order valence-corrected chi connectivity index (χ1v) is 7.54. The van der Waals surface area contributed by atoms with Gasteiger partial charge in [-0.3, -0.25) is 10.1 Å². The molecule has 0 aliphatic carbocycles. The molecule has 0 atom stereocenters. The highest BCUT2D eigenvalue weighted by molar-refractivity contribution is 7.15. The average molecular weight is 319 g/mol. The minimum atomic E-state index is -0.339. The Morgan fingerprint density at radius 3 is 2.55 bits per heavy atom. The van der Waals surface area contributed by atoms with Crippen LogP contribution in [0, 0.1) is 0 Å². The lowest BCUT2D eigenvalue weighted by Gasteiger charge is -2.14. The summed E-state index contributed by atoms with van der Waals surface area (Å²) >= 11 is 1.33. The van der Waals surface area contributed by atoms with Crippen LogP contribution in [0.1, 0.15) is 22.3 Å². The molecule has 3 amide bonds. The Labute approximate surface area is 132 Å². The van der Waals surface area contributed by atoms with Crippen molar-refractivity contribution in [1.29, 1.82) is 0 Å². The van der Waals surface area contributed by atoms with Crippen LogP contribution < -0.4 is 10.6 Å². The number of aryl methyl sites for hydroxylation is 1. The summed E-state index contributed by atoms with van der Waals surface area (Å²) in [5.74, 6) is -0.339. The maximum absolute atomic E-state index is 12.3. The van der Waals surface area contributed by atoms with E-state index in [0.717, 1.165) is 11.4 Å². The van der Waals surface area contributed by atoms with Gasteiger partial charge in [0, 0.05) is 14.1 Å². The van der Waals surface area contributed by atoms with E-state index in [1.807, 2.05) is 6.92 Å². The number of anilines is 2. The number of nitrogens with zero attached hydrogens (tertiary/aromatic N) is 3. The van der Waals surface area contributed by atoms with Crippen molar-refractivity contribution in [2.24, 2.45) is 0 Å². The van der Waals surface area contributed by atoms with Gasteiger partial charge in [0.05, 0.1) is 11.3 Å². The molecule has 1 heterocycles. The first-order chi connectivity index (χ1) is 10.5. The van der Waals surface area contributed by atoms with Crippen molar-refractivity contribution >= 4 is 34.1 Å². The number of carbonyl (C=O) groups excluding carboxylic acids is 2. The second kappa shape index (κ2) is 6.99. The Morgan fingerprint density at radius 2 is 1.91 bits per heavy atom. The largest absolute Gasteiger partial charge is 0.331 e. The Hall–Kier alpha value is -2.48. The van der Waals surface area contributed by atoms with Crippen molar-refractivity contribution < 1.29 is 9.59 Å². The maximum Gasteiger partial charge on any atom is 0.321 e. The number of hydrogen-bond donors (Lipinski definition) is 2. The summed E-state index contributed by atoms with van der Waals surface area (Å²) in [5, 5.41) is 14.5. The topological polar surface area (TPSA) is 87.2 Å². The van der Waals surface area contributed by atoms with Crippen molar-refractivity contribution in [2.45, 2.75) is 13.3 Å². The molecule has 8 heteroatoms. The molecule has 116 valence electrons. The van der Waals surface area contributed by atoms with Crippen LogP contribution in [0.25, 0.3) is 0 Å². The molecule has 0 bridgehead atoms. The SMILES string of the molecule is CCc1nnc(NC(=O)c2ccccc2NC(=O)N(C)C)s1. The van der Waals surface area contributed by atoms with E-state index in [1.165, 1.54) is 16.2 Å². The van der Waals surface area contributed by atoms with Crippen LogP contribution in [-0.2, 0) is 6.42 Å². The fourth-order valence-corrected chi connectivity index (χ4v) is 2.30. The third-order valence-corrected chi connectivity index (χ3v) is 3.79. The first kappa shape index (κ1) is 15.9. The number of amides is 3. The third-order valence-electron chi connectivity index (χ3n) is 2.81. The van der Waals surface area contributed by atoms with E-state index >= 15 is 0 Å². The molecule has 0 spiro atoms. The number of aromatic nitrogens is 2. The summed E-state index contributed by atoms with van der Waals surface area (Å²) in [6.45, 7) is 1.97. The molecular formula is C14H17N5O2S. The first-order valence-electron chi connectivity index (χ1n) is 6.72. The second-order valence-corrected chi connectivity index (χ2v) is 5.74. The second-order valence-electron chi connectivity index (χ2n) is 4.68. The molecule has 2 aromatic rings. The lowest BCUT2D eigenvalue weighted by atomic mass is 10.1. The van der Waals surface area contributed by atoms with Crippen LogP contribution >= 0.6 is 11.3 Å². The van der Waals surface area contributed by atoms with E-state index in [1.54, 1.807) is 38.4 Å². The van der Waals surface area contributed by atoms with E-state index in [2.05, 4.69) is 20.8 Å². The van der Waals surface area contributed by atoms with E-state index in [-0.39, 0.29) is 11.9 Å². The van der Waals surface area contributed by atoms with Crippen LogP contribution in [0.15, 0.2) is 24.3 Å². The van der Waals surface area contributed by atoms with Gasteiger partial charge in [0.2, 0.25) is 5.13 Å². The molecule has 22 heavy (non-hydrogen) atoms. The zero-order valence-electron chi connectivity index (χ0n) is 12.6. The Kier molecular flexibility index (Phi) is 5.05. The minimum Gasteiger partial charge on any atom is -0.331 e. The van der Waals surface area contributed by atoms with Gasteiger partial charge in [-0.1, -0.05) is 30.4 Å². The minimum absolute atomic E-state index is 0.301. The van der Waals surface area contributed by atoms with Crippen LogP contribution in [0.5, 0.6) is 0 Å². The standard InChI is InChI=1S/C14H17N5O2S/c1-4-11-17-18-13(22-11)16-12(20)9-7-5-6-8-10(9)15-14(21)19(2)3/h5-8H,4H2,1-3H3,(H,15,21)(H,16,18,20). The third kappa shape index (κ3) is 3.79. The van der Waals surface area contributed by atoms with Gasteiger partial charge < -0.3 is 10.2 Å². The lowest BCUT2D eigenvalue weighted by Crippen LogP contribution is -2.28. The fraction of sp³-hybridized carbons (Fsp3) is 0.286. The predicted octanol–water partition coefficient (Wildman–Crippen LogP) is 2.45. The highest BCUT2D eigenvalue weighted by Crippen LogP contribution is 2.20. The highest BCUT2D eigenvalue weighted by Gasteiger charge is 2.15. The molecule has 0 aliphatic rings. The molecule has 1 aromatic heterocycles. The Bertz CT molecular complexity index is 683. The van der Waals surface area contributed by atoms with E-state index < -0.39 is 0 Å². The smallest absolute Gasteiger partial charge is 0.321 e. The summed E-state index contributed by atoms with van der Waals surface area (Å²) in [4.78, 5) is 25.5. The molecule has 0 saturated heterocycles. The van der Waals surface area contributed by atoms with Gasteiger partial charge in [-0.2, -0.15) is 0 Å². The van der Waals surface area contributed by atoms with Crippen molar-refractivity contribution in [3.63, 3.8) is 0 Å². The van der Waals surface area contributed by atoms with Gasteiger partial charge in [-0.05, 0) is 18.6 Å². The van der Waals surface area contributed by atoms with Crippen LogP contribution in [0.2, 0.25) is 0 Å². The molecule has 0 fully saturated rings. The van der Waals surface area contributed by atoms with Crippen molar-refractivity contribution in [3.05, 3.63) is 34.8 Å². The number of carbonyl (C=O) groups is 2. The number of rotatable bonds is 4. The van der Waals surface area contributed by atoms with Crippen molar-refractivity contribution in [1.82, 2.24) is 15.1 Å². The quantitative estimate of drug-likeness (QED) is 0.906. The van der Waals surface area contributed by atoms with Gasteiger partial charge >= 0.3 is 6.03 Å². The Morgan fingerprint density at radius 1 is 1.18 bits per heavy atom. The van der Waals surface area contributed by atoms with Crippen LogP contribution in [0.3, 0.4) is 0 Å². The van der Waals surface area contributed by atoms with E-state index in [9.17, 15) is 9.59 Å². The molecule has 0 unspecified atom stereocenters. The summed E-state index contributed by atoms with van der Waals surface area (Å²) in [7, 11) is 3.26. The summed E-state index contributed by atoms with van der Waals surface area (Å²) < 4.78 is 0. The fourth-order valence-electron chi connectivity index (χ4n) is 1.63. The summed E-state index contributed by atoms with van der Waals surface area (Å²) in [6.07, 6.45) is 0.767. The number of hydrogen-bond acceptors (Lipinski definition) is 5. The van der Waals surface area contributed by atoms with Crippen molar-refractivity contribution in [2.75, 3.05) is 24.7 Å². The van der Waals surface area contributed by atoms with Crippen molar-refractivity contribution in [3.8, 4) is 0 Å². The van der Waals surface area contributed by atoms with Gasteiger partial charge in [-0.15, -0.1) is 10.2 Å². The van der Waals surface area contributed by atoms with Gasteiger partial charge in [0.25, 0.3) is 5.91 Å². The van der Waals surface area contributed by atoms with Crippen LogP contribution in [0.4, 0.5) is 15.6 Å². The molecule has 0 radical (unpaired) electrons. The highest BCUT2D eigenvalue weighted by atomic mass is 32.1. The molecule has 7 nitrogen and oxygen atoms in total. The molecule has 2 N–H and O–H groups in total. The van der Waals surface area contributed by atoms with Crippen LogP contribution in [-0.4, -0.2) is 41.1 Å². The number of para-hydroxylation sites is 1. The molecule has 2 rings (SSSR count). The number of urea groups is 1. The van der Waals surface area contributed by atoms with Gasteiger partial charge in [-0.25, -0.2) is 4.79 Å². The zero-order valence-corrected chi connectivity index (χ0v) is 13.4. The molecule has 0 aliphatic heterocycles. The number of nitrogens with one attached hydrogen (secondary N) is 2. The van der Waals surface area contributed by atoms with Gasteiger partial charge in [0.1, 0.15) is 5.01 Å². The monoisotopic (exact) mass is 319 g/mol.